The standard InChI is InChI=1S/C34H33N5OS/c1-23-21-28(24(2)39(23)22-25-11-4-3-5-12-25)33-32(30-16-8-9-19-35-30)37-34(41)38(33)20-18-31(40)36-29-17-10-14-26-13-6-7-15-27(26)29/h3-17,19,21,32-33H,18,20,22H2,1-2H3,(H,36,40)(H,37,41)/t32-,33+/m0/s1. The molecule has 2 aromatic heterocycles. The Morgan fingerprint density at radius 3 is 2.51 bits per heavy atom. The number of aryl methyl sites for hydroxylation is 1. The lowest BCUT2D eigenvalue weighted by atomic mass is 9.96. The van der Waals surface area contributed by atoms with E-state index in [9.17, 15) is 4.79 Å². The molecule has 5 aromatic rings. The van der Waals surface area contributed by atoms with Crippen LogP contribution in [0, 0.1) is 13.8 Å². The first-order chi connectivity index (χ1) is 20.0. The summed E-state index contributed by atoms with van der Waals surface area (Å²) in [7, 11) is 0. The van der Waals surface area contributed by atoms with Gasteiger partial charge in [-0.2, -0.15) is 0 Å². The van der Waals surface area contributed by atoms with E-state index in [1.54, 1.807) is 0 Å². The quantitative estimate of drug-likeness (QED) is 0.207. The van der Waals surface area contributed by atoms with Crippen LogP contribution in [-0.4, -0.2) is 32.0 Å². The number of nitrogens with one attached hydrogen (secondary N) is 2. The maximum atomic E-state index is 13.2. The third kappa shape index (κ3) is 5.45. The normalized spacial score (nSPS) is 16.6. The summed E-state index contributed by atoms with van der Waals surface area (Å²) in [5, 5.41) is 9.41. The average molecular weight is 560 g/mol. The number of pyridine rings is 1. The summed E-state index contributed by atoms with van der Waals surface area (Å²) in [6.07, 6.45) is 2.12. The topological polar surface area (TPSA) is 62.2 Å². The Morgan fingerprint density at radius 1 is 0.951 bits per heavy atom. The minimum Gasteiger partial charge on any atom is -0.352 e. The van der Waals surface area contributed by atoms with Crippen LogP contribution < -0.4 is 10.6 Å². The lowest BCUT2D eigenvalue weighted by Gasteiger charge is -2.28. The Labute approximate surface area is 246 Å². The Balaban J connectivity index is 1.28. The Kier molecular flexibility index (Phi) is 7.53. The van der Waals surface area contributed by atoms with Gasteiger partial charge in [-0.15, -0.1) is 0 Å². The van der Waals surface area contributed by atoms with E-state index >= 15 is 0 Å². The molecule has 1 saturated heterocycles. The molecule has 0 unspecified atom stereocenters. The Hall–Kier alpha value is -4.49. The van der Waals surface area contributed by atoms with Crippen molar-refractivity contribution in [2.45, 2.75) is 38.9 Å². The number of nitrogens with zero attached hydrogens (tertiary/aromatic N) is 3. The van der Waals surface area contributed by atoms with E-state index in [-0.39, 0.29) is 18.0 Å². The SMILES string of the molecule is Cc1cc([C@@H]2[C@H](c3ccccn3)NC(=S)N2CCC(=O)Nc2cccc3ccccc23)c(C)n1Cc1ccccc1. The molecule has 0 spiro atoms. The molecule has 7 heteroatoms. The van der Waals surface area contributed by atoms with Crippen LogP contribution in [0.4, 0.5) is 5.69 Å². The second kappa shape index (κ2) is 11.6. The summed E-state index contributed by atoms with van der Waals surface area (Å²) in [6.45, 7) is 5.61. The van der Waals surface area contributed by atoms with E-state index in [2.05, 4.69) is 81.4 Å². The molecule has 3 aromatic carbocycles. The maximum Gasteiger partial charge on any atom is 0.226 e. The molecular formula is C34H33N5OS. The zero-order valence-corrected chi connectivity index (χ0v) is 24.1. The molecule has 0 saturated carbocycles. The minimum absolute atomic E-state index is 0.0428. The number of thiocarbonyl (C=S) groups is 1. The van der Waals surface area contributed by atoms with Gasteiger partial charge < -0.3 is 20.1 Å². The number of amides is 1. The summed E-state index contributed by atoms with van der Waals surface area (Å²) >= 11 is 5.88. The Bertz CT molecular complexity index is 1690. The van der Waals surface area contributed by atoms with E-state index in [1.165, 1.54) is 22.5 Å². The van der Waals surface area contributed by atoms with Gasteiger partial charge in [0.1, 0.15) is 0 Å². The van der Waals surface area contributed by atoms with E-state index in [0.29, 0.717) is 18.1 Å². The van der Waals surface area contributed by atoms with Crippen LogP contribution in [0.25, 0.3) is 10.8 Å². The molecule has 1 amide bonds. The van der Waals surface area contributed by atoms with Crippen molar-refractivity contribution in [1.29, 1.82) is 0 Å². The molecule has 41 heavy (non-hydrogen) atoms. The summed E-state index contributed by atoms with van der Waals surface area (Å²) in [5.74, 6) is -0.0428. The van der Waals surface area contributed by atoms with Crippen molar-refractivity contribution in [2.75, 3.05) is 11.9 Å². The van der Waals surface area contributed by atoms with Gasteiger partial charge in [-0.3, -0.25) is 9.78 Å². The van der Waals surface area contributed by atoms with Gasteiger partial charge in [-0.05, 0) is 66.8 Å². The summed E-state index contributed by atoms with van der Waals surface area (Å²) in [6, 6.07) is 32.5. The highest BCUT2D eigenvalue weighted by molar-refractivity contribution is 7.80. The lowest BCUT2D eigenvalue weighted by molar-refractivity contribution is -0.116. The van der Waals surface area contributed by atoms with E-state index in [4.69, 9.17) is 12.2 Å². The molecule has 1 aliphatic rings. The Morgan fingerprint density at radius 2 is 1.71 bits per heavy atom. The van der Waals surface area contributed by atoms with Gasteiger partial charge in [0.15, 0.2) is 5.11 Å². The zero-order chi connectivity index (χ0) is 28.3. The van der Waals surface area contributed by atoms with Crippen LogP contribution in [-0.2, 0) is 11.3 Å². The molecule has 206 valence electrons. The highest BCUT2D eigenvalue weighted by atomic mass is 32.1. The number of fused-ring (bicyclic) bond motifs is 1. The lowest BCUT2D eigenvalue weighted by Crippen LogP contribution is -2.33. The van der Waals surface area contributed by atoms with Gasteiger partial charge in [0.25, 0.3) is 0 Å². The molecular weight excluding hydrogens is 526 g/mol. The predicted molar refractivity (Wildman–Crippen MR) is 169 cm³/mol. The van der Waals surface area contributed by atoms with Crippen molar-refractivity contribution < 1.29 is 4.79 Å². The van der Waals surface area contributed by atoms with E-state index in [0.717, 1.165) is 28.7 Å². The minimum atomic E-state index is -0.129. The number of rotatable bonds is 8. The fourth-order valence-electron chi connectivity index (χ4n) is 5.89. The first kappa shape index (κ1) is 26.7. The van der Waals surface area contributed by atoms with Gasteiger partial charge in [0.2, 0.25) is 5.91 Å². The molecule has 2 atom stereocenters. The van der Waals surface area contributed by atoms with Gasteiger partial charge in [-0.25, -0.2) is 0 Å². The number of hydrogen-bond acceptors (Lipinski definition) is 3. The molecule has 0 aliphatic carbocycles. The fraction of sp³-hybridized carbons (Fsp3) is 0.206. The average Bonchev–Trinajstić information content (AvgIpc) is 3.47. The van der Waals surface area contributed by atoms with Crippen molar-refractivity contribution in [3.05, 3.63) is 131 Å². The number of hydrogen-bond donors (Lipinski definition) is 2. The molecule has 0 radical (unpaired) electrons. The monoisotopic (exact) mass is 559 g/mol. The predicted octanol–water partition coefficient (Wildman–Crippen LogP) is 6.70. The van der Waals surface area contributed by atoms with Crippen molar-refractivity contribution in [3.63, 3.8) is 0 Å². The molecule has 0 bridgehead atoms. The van der Waals surface area contributed by atoms with E-state index < -0.39 is 0 Å². The van der Waals surface area contributed by atoms with Crippen molar-refractivity contribution in [2.24, 2.45) is 0 Å². The molecule has 2 N–H and O–H groups in total. The van der Waals surface area contributed by atoms with Gasteiger partial charge in [-0.1, -0.05) is 72.8 Å². The number of carbonyl (C=O) groups excluding carboxylic acids is 1. The molecule has 1 fully saturated rings. The van der Waals surface area contributed by atoms with Crippen LogP contribution in [0.5, 0.6) is 0 Å². The highest BCUT2D eigenvalue weighted by Crippen LogP contribution is 2.41. The van der Waals surface area contributed by atoms with Crippen molar-refractivity contribution in [1.82, 2.24) is 19.8 Å². The number of anilines is 1. The first-order valence-corrected chi connectivity index (χ1v) is 14.4. The highest BCUT2D eigenvalue weighted by Gasteiger charge is 2.41. The first-order valence-electron chi connectivity index (χ1n) is 14.0. The zero-order valence-electron chi connectivity index (χ0n) is 23.2. The van der Waals surface area contributed by atoms with Crippen molar-refractivity contribution in [3.8, 4) is 0 Å². The van der Waals surface area contributed by atoms with Gasteiger partial charge in [0, 0.05) is 48.2 Å². The smallest absolute Gasteiger partial charge is 0.226 e. The van der Waals surface area contributed by atoms with Crippen LogP contribution >= 0.6 is 12.2 Å². The van der Waals surface area contributed by atoms with Crippen LogP contribution in [0.15, 0.2) is 103 Å². The summed E-state index contributed by atoms with van der Waals surface area (Å²) < 4.78 is 2.35. The largest absolute Gasteiger partial charge is 0.352 e. The summed E-state index contributed by atoms with van der Waals surface area (Å²) in [5.41, 5.74) is 6.57. The van der Waals surface area contributed by atoms with Crippen LogP contribution in [0.3, 0.4) is 0 Å². The second-order valence-corrected chi connectivity index (χ2v) is 10.9. The van der Waals surface area contributed by atoms with Crippen molar-refractivity contribution >= 4 is 39.7 Å². The molecule has 6 nitrogen and oxygen atoms in total. The molecule has 1 aliphatic heterocycles. The molecule has 3 heterocycles. The molecule has 6 rings (SSSR count). The summed E-state index contributed by atoms with van der Waals surface area (Å²) in [4.78, 5) is 20.1. The fourth-order valence-corrected chi connectivity index (χ4v) is 6.22. The van der Waals surface area contributed by atoms with Gasteiger partial charge >= 0.3 is 0 Å². The number of aromatic nitrogens is 2. The number of benzene rings is 3. The number of carbonyl (C=O) groups is 1. The second-order valence-electron chi connectivity index (χ2n) is 10.5. The van der Waals surface area contributed by atoms with Crippen LogP contribution in [0.1, 0.15) is 46.7 Å². The third-order valence-electron chi connectivity index (χ3n) is 7.96. The third-order valence-corrected chi connectivity index (χ3v) is 8.31. The maximum absolute atomic E-state index is 13.2. The van der Waals surface area contributed by atoms with Gasteiger partial charge in [0.05, 0.1) is 17.8 Å². The van der Waals surface area contributed by atoms with E-state index in [1.807, 2.05) is 60.8 Å². The van der Waals surface area contributed by atoms with Crippen LogP contribution in [0.2, 0.25) is 0 Å².